The number of aromatic nitrogens is 2. The van der Waals surface area contributed by atoms with Crippen molar-refractivity contribution in [1.29, 1.82) is 0 Å². The smallest absolute Gasteiger partial charge is 0.414 e. The van der Waals surface area contributed by atoms with Crippen molar-refractivity contribution in [2.24, 2.45) is 0 Å². The molecular weight excluding hydrogens is 346 g/mol. The second-order valence-corrected chi connectivity index (χ2v) is 6.39. The van der Waals surface area contributed by atoms with Gasteiger partial charge in [0.25, 0.3) is 0 Å². The highest BCUT2D eigenvalue weighted by Gasteiger charge is 2.27. The van der Waals surface area contributed by atoms with Crippen LogP contribution in [0.2, 0.25) is 0 Å². The summed E-state index contributed by atoms with van der Waals surface area (Å²) in [5.74, 6) is 0.628. The van der Waals surface area contributed by atoms with Crippen molar-refractivity contribution in [1.82, 2.24) is 9.55 Å². The maximum atomic E-state index is 10.8. The molecule has 7 nitrogen and oxygen atoms in total. The van der Waals surface area contributed by atoms with Crippen molar-refractivity contribution in [3.05, 3.63) is 70.9 Å². The molecule has 0 bridgehead atoms. The van der Waals surface area contributed by atoms with E-state index in [1.54, 1.807) is 4.57 Å². The third-order valence-electron chi connectivity index (χ3n) is 4.55. The van der Waals surface area contributed by atoms with Crippen molar-refractivity contribution in [2.45, 2.75) is 25.5 Å². The molecule has 0 radical (unpaired) electrons. The van der Waals surface area contributed by atoms with E-state index in [1.165, 1.54) is 11.8 Å². The van der Waals surface area contributed by atoms with Gasteiger partial charge in [-0.15, -0.1) is 0 Å². The fourth-order valence-corrected chi connectivity index (χ4v) is 3.10. The van der Waals surface area contributed by atoms with Crippen LogP contribution in [0.5, 0.6) is 11.8 Å². The van der Waals surface area contributed by atoms with Crippen LogP contribution in [0.3, 0.4) is 0 Å². The number of nitro groups is 1. The molecule has 0 N–H and O–H groups in total. The predicted molar refractivity (Wildman–Crippen MR) is 99.9 cm³/mol. The Morgan fingerprint density at radius 2 is 1.89 bits per heavy atom. The largest absolute Gasteiger partial charge is 0.493 e. The summed E-state index contributed by atoms with van der Waals surface area (Å²) in [4.78, 5) is 14.2. The van der Waals surface area contributed by atoms with E-state index in [0.29, 0.717) is 25.6 Å². The van der Waals surface area contributed by atoms with E-state index in [9.17, 15) is 10.1 Å². The van der Waals surface area contributed by atoms with Crippen molar-refractivity contribution in [3.63, 3.8) is 0 Å². The first kappa shape index (κ1) is 17.1. The van der Waals surface area contributed by atoms with Gasteiger partial charge in [-0.1, -0.05) is 42.5 Å². The van der Waals surface area contributed by atoms with Gasteiger partial charge in [0.15, 0.2) is 0 Å². The highest BCUT2D eigenvalue weighted by atomic mass is 16.6. The Bertz CT molecular complexity index is 922. The van der Waals surface area contributed by atoms with Crippen LogP contribution in [0.4, 0.5) is 5.82 Å². The van der Waals surface area contributed by atoms with Crippen LogP contribution in [-0.2, 0) is 6.54 Å². The minimum absolute atomic E-state index is 0.0527. The van der Waals surface area contributed by atoms with E-state index in [4.69, 9.17) is 9.47 Å². The van der Waals surface area contributed by atoms with Gasteiger partial charge in [-0.25, -0.2) is 0 Å². The molecule has 1 aromatic heterocycles. The van der Waals surface area contributed by atoms with Crippen LogP contribution in [0.1, 0.15) is 12.8 Å². The number of nitrogens with zero attached hydrogens (tertiary/aromatic N) is 3. The molecule has 0 spiro atoms. The summed E-state index contributed by atoms with van der Waals surface area (Å²) in [6, 6.07) is 18.5. The summed E-state index contributed by atoms with van der Waals surface area (Å²) in [5, 5.41) is 10.8. The minimum atomic E-state index is -0.508. The van der Waals surface area contributed by atoms with Crippen molar-refractivity contribution < 1.29 is 14.4 Å². The lowest BCUT2D eigenvalue weighted by atomic mass is 10.1. The lowest BCUT2D eigenvalue weighted by Gasteiger charge is -2.22. The first-order chi connectivity index (χ1) is 13.2. The molecule has 3 aromatic rings. The Balaban J connectivity index is 1.29. The number of aryl methyl sites for hydroxylation is 1. The van der Waals surface area contributed by atoms with Crippen molar-refractivity contribution in [2.75, 3.05) is 6.61 Å². The molecule has 2 heterocycles. The van der Waals surface area contributed by atoms with E-state index in [1.807, 2.05) is 42.5 Å². The predicted octanol–water partition coefficient (Wildman–Crippen LogP) is 4.08. The highest BCUT2D eigenvalue weighted by molar-refractivity contribution is 5.63. The number of hydrogen-bond acceptors (Lipinski definition) is 5. The van der Waals surface area contributed by atoms with Gasteiger partial charge in [-0.05, 0) is 28.2 Å². The Labute approximate surface area is 156 Å². The Hall–Kier alpha value is -3.35. The third-order valence-corrected chi connectivity index (χ3v) is 4.55. The molecule has 0 saturated heterocycles. The second kappa shape index (κ2) is 7.49. The molecular formula is C20H19N3O4. The number of rotatable bonds is 6. The van der Waals surface area contributed by atoms with Crippen LogP contribution in [-0.4, -0.2) is 27.2 Å². The first-order valence-corrected chi connectivity index (χ1v) is 8.85. The lowest BCUT2D eigenvalue weighted by molar-refractivity contribution is -0.389. The van der Waals surface area contributed by atoms with Gasteiger partial charge in [0.05, 0.1) is 6.61 Å². The number of fused-ring (bicyclic) bond motifs is 1. The van der Waals surface area contributed by atoms with E-state index in [2.05, 4.69) is 17.1 Å². The van der Waals surface area contributed by atoms with Gasteiger partial charge in [-0.2, -0.15) is 0 Å². The third kappa shape index (κ3) is 3.92. The summed E-state index contributed by atoms with van der Waals surface area (Å²) in [6.07, 6.45) is 2.83. The summed E-state index contributed by atoms with van der Waals surface area (Å²) < 4.78 is 13.2. The number of hydrogen-bond donors (Lipinski definition) is 0. The topological polar surface area (TPSA) is 79.4 Å². The molecule has 0 amide bonds. The molecule has 1 aliphatic rings. The van der Waals surface area contributed by atoms with Crippen LogP contribution < -0.4 is 9.47 Å². The average Bonchev–Trinajstić information content (AvgIpc) is 3.13. The van der Waals surface area contributed by atoms with E-state index >= 15 is 0 Å². The second-order valence-electron chi connectivity index (χ2n) is 6.39. The molecule has 0 unspecified atom stereocenters. The quantitative estimate of drug-likeness (QED) is 0.486. The Kier molecular flexibility index (Phi) is 4.74. The molecule has 1 atom stereocenters. The average molecular weight is 365 g/mol. The van der Waals surface area contributed by atoms with Crippen molar-refractivity contribution in [3.8, 4) is 22.9 Å². The zero-order valence-corrected chi connectivity index (χ0v) is 14.7. The summed E-state index contributed by atoms with van der Waals surface area (Å²) >= 11 is 0. The first-order valence-electron chi connectivity index (χ1n) is 8.85. The summed E-state index contributed by atoms with van der Waals surface area (Å²) in [7, 11) is 0. The molecule has 0 fully saturated rings. The fourth-order valence-electron chi connectivity index (χ4n) is 3.10. The van der Waals surface area contributed by atoms with Crippen LogP contribution in [0.15, 0.2) is 60.8 Å². The molecule has 0 saturated carbocycles. The highest BCUT2D eigenvalue weighted by Crippen LogP contribution is 2.26. The molecule has 0 aliphatic carbocycles. The van der Waals surface area contributed by atoms with Crippen LogP contribution in [0.25, 0.3) is 11.1 Å². The van der Waals surface area contributed by atoms with Crippen LogP contribution >= 0.6 is 0 Å². The maximum Gasteiger partial charge on any atom is 0.414 e. The molecule has 27 heavy (non-hydrogen) atoms. The molecule has 1 aliphatic heterocycles. The van der Waals surface area contributed by atoms with E-state index in [-0.39, 0.29) is 11.9 Å². The standard InChI is InChI=1S/C20H19N3O4/c24-23(25)19-14-22-12-10-18(27-20(22)21-19)11-13-26-17-8-6-16(7-9-17)15-4-2-1-3-5-15/h1-9,14,18H,10-13H2/t18-/m1/s1. The number of imidazole rings is 1. The van der Waals surface area contributed by atoms with Gasteiger partial charge in [0, 0.05) is 24.4 Å². The zero-order valence-electron chi connectivity index (χ0n) is 14.7. The summed E-state index contributed by atoms with van der Waals surface area (Å²) in [6.45, 7) is 1.17. The van der Waals surface area contributed by atoms with Gasteiger partial charge in [0.2, 0.25) is 0 Å². The number of ether oxygens (including phenoxy) is 2. The van der Waals surface area contributed by atoms with Crippen molar-refractivity contribution >= 4 is 5.82 Å². The summed E-state index contributed by atoms with van der Waals surface area (Å²) in [5.41, 5.74) is 2.32. The lowest BCUT2D eigenvalue weighted by Crippen LogP contribution is -2.27. The Morgan fingerprint density at radius 1 is 1.15 bits per heavy atom. The molecule has 138 valence electrons. The molecule has 2 aromatic carbocycles. The fraction of sp³-hybridized carbons (Fsp3) is 0.250. The van der Waals surface area contributed by atoms with E-state index < -0.39 is 4.92 Å². The molecule has 4 rings (SSSR count). The minimum Gasteiger partial charge on any atom is -0.493 e. The molecule has 7 heteroatoms. The van der Waals surface area contributed by atoms with Gasteiger partial charge >= 0.3 is 11.8 Å². The van der Waals surface area contributed by atoms with Gasteiger partial charge in [0.1, 0.15) is 18.1 Å². The van der Waals surface area contributed by atoms with E-state index in [0.717, 1.165) is 17.7 Å². The normalized spacial score (nSPS) is 15.6. The maximum absolute atomic E-state index is 10.8. The van der Waals surface area contributed by atoms with Gasteiger partial charge in [-0.3, -0.25) is 4.57 Å². The SMILES string of the molecule is O=[N+]([O-])c1cn2c(n1)O[C@@H](CCOc1ccc(-c3ccccc3)cc1)CC2. The number of benzene rings is 2. The Morgan fingerprint density at radius 3 is 2.63 bits per heavy atom. The van der Waals surface area contributed by atoms with Crippen LogP contribution in [0, 0.1) is 10.1 Å². The zero-order chi connectivity index (χ0) is 18.6. The van der Waals surface area contributed by atoms with Gasteiger partial charge < -0.3 is 19.6 Å². The monoisotopic (exact) mass is 365 g/mol.